The normalized spacial score (nSPS) is 16.6. The lowest BCUT2D eigenvalue weighted by molar-refractivity contribution is -0.143. The molecule has 0 saturated carbocycles. The summed E-state index contributed by atoms with van der Waals surface area (Å²) in [7, 11) is 0. The van der Waals surface area contributed by atoms with Crippen LogP contribution in [0.5, 0.6) is 0 Å². The molecular weight excluding hydrogens is 1050 g/mol. The average molecular weight is 1140 g/mol. The number of rotatable bonds is 33. The molecule has 80 heavy (non-hydrogen) atoms. The van der Waals surface area contributed by atoms with Crippen molar-refractivity contribution in [3.05, 3.63) is 71.8 Å². The van der Waals surface area contributed by atoms with Gasteiger partial charge in [0.05, 0.1) is 19.0 Å². The molecule has 1 heterocycles. The van der Waals surface area contributed by atoms with E-state index in [2.05, 4.69) is 55.2 Å². The lowest BCUT2D eigenvalue weighted by Gasteiger charge is -2.30. The third-order valence-electron chi connectivity index (χ3n) is 13.5. The number of nitrogens with zero attached hydrogens (tertiary/aromatic N) is 1. The number of thiol groups is 1. The van der Waals surface area contributed by atoms with Crippen LogP contribution in [0, 0.1) is 23.7 Å². The number of carbonyl (C=O) groups is 11. The Hall–Kier alpha value is -7.08. The van der Waals surface area contributed by atoms with Gasteiger partial charge in [-0.1, -0.05) is 122 Å². The van der Waals surface area contributed by atoms with E-state index in [-0.39, 0.29) is 62.2 Å². The summed E-state index contributed by atoms with van der Waals surface area (Å²) in [5, 5.41) is 30.7. The molecule has 13 N–H and O–H groups in total. The van der Waals surface area contributed by atoms with Crippen molar-refractivity contribution >= 4 is 77.7 Å². The van der Waals surface area contributed by atoms with Crippen LogP contribution in [0.25, 0.3) is 0 Å². The van der Waals surface area contributed by atoms with E-state index < -0.39 is 138 Å². The van der Waals surface area contributed by atoms with Gasteiger partial charge in [0.2, 0.25) is 59.1 Å². The highest BCUT2D eigenvalue weighted by molar-refractivity contribution is 7.80. The number of hydrogen-bond donors (Lipinski definition) is 12. The van der Waals surface area contributed by atoms with Crippen molar-refractivity contribution < 1.29 is 57.8 Å². The van der Waals surface area contributed by atoms with Crippen LogP contribution in [0.4, 0.5) is 0 Å². The fourth-order valence-corrected chi connectivity index (χ4v) is 9.30. The van der Waals surface area contributed by atoms with Crippen molar-refractivity contribution in [3.8, 4) is 0 Å². The monoisotopic (exact) mass is 1140 g/mol. The number of nitrogens with two attached hydrogens (primary N) is 2. The molecule has 1 aliphatic rings. The molecule has 0 radical (unpaired) electrons. The standard InChI is InChI=1S/C56H85N11O12S/c1-9-34(8)47(55(77)63-40(27-36-19-14-11-15-20-36)51(73)62-41(28-45(58)68)52(74)64-42(56(78)79)25-33(6)7)66-53(75)43(30-80)65-54(76)44-21-16-22-67(44)46(69)29-59-49(71)39(26-35-17-12-10-13-18-35)61-50(72)38(24-32(4)5)60-48(70)37(57)23-31(2)3/h10-15,17-20,31-34,37-44,47,80H,9,16,21-30,57H2,1-8H3,(H2,58,68)(H,59,71)(H,60,70)(H,61,72)(H,62,73)(H,63,77)(H,64,74)(H,65,76)(H,66,75)(H,78,79)/t34-,37-,38-,39-,40-,41-,42-,43-,44-,47-/m0/s1. The van der Waals surface area contributed by atoms with E-state index in [4.69, 9.17) is 11.5 Å². The van der Waals surface area contributed by atoms with Crippen molar-refractivity contribution in [1.29, 1.82) is 0 Å². The minimum atomic E-state index is -1.62. The molecule has 1 aliphatic heterocycles. The van der Waals surface area contributed by atoms with Gasteiger partial charge in [0.1, 0.15) is 48.3 Å². The molecule has 2 aromatic carbocycles. The van der Waals surface area contributed by atoms with Gasteiger partial charge in [-0.05, 0) is 66.9 Å². The number of carboxylic acid groups (broad SMARTS) is 1. The number of benzene rings is 2. The number of carboxylic acids is 1. The third kappa shape index (κ3) is 22.6. The van der Waals surface area contributed by atoms with E-state index in [1.165, 1.54) is 4.90 Å². The SMILES string of the molecule is CC[C@H](C)[C@H](NC(=O)[C@H](CS)NC(=O)[C@@H]1CCCN1C(=O)CNC(=O)[C@H](Cc1ccccc1)NC(=O)[C@H](CC(C)C)NC(=O)[C@@H](N)CC(C)C)C(=O)N[C@@H](Cc1ccccc1)C(=O)N[C@@H](CC(N)=O)C(=O)N[C@@H](CC(C)C)C(=O)O. The summed E-state index contributed by atoms with van der Waals surface area (Å²) in [4.78, 5) is 150. The maximum Gasteiger partial charge on any atom is 0.326 e. The minimum Gasteiger partial charge on any atom is -0.480 e. The molecule has 24 heteroatoms. The Kier molecular flexibility index (Phi) is 28.1. The van der Waals surface area contributed by atoms with Gasteiger partial charge < -0.3 is 64.0 Å². The molecule has 442 valence electrons. The fourth-order valence-electron chi connectivity index (χ4n) is 9.04. The summed E-state index contributed by atoms with van der Waals surface area (Å²) in [6.45, 7) is 14.2. The highest BCUT2D eigenvalue weighted by atomic mass is 32.1. The lowest BCUT2D eigenvalue weighted by atomic mass is 9.96. The van der Waals surface area contributed by atoms with Gasteiger partial charge in [0.15, 0.2) is 0 Å². The topological polar surface area (TPSA) is 360 Å². The van der Waals surface area contributed by atoms with Crippen molar-refractivity contribution in [2.45, 2.75) is 168 Å². The van der Waals surface area contributed by atoms with Crippen LogP contribution in [-0.2, 0) is 65.6 Å². The number of primary amides is 1. The molecule has 3 rings (SSSR count). The smallest absolute Gasteiger partial charge is 0.326 e. The summed E-state index contributed by atoms with van der Waals surface area (Å²) in [5.74, 6) is -9.77. The zero-order chi connectivity index (χ0) is 59.8. The van der Waals surface area contributed by atoms with Crippen LogP contribution >= 0.6 is 12.6 Å². The van der Waals surface area contributed by atoms with Gasteiger partial charge in [0.25, 0.3) is 0 Å². The van der Waals surface area contributed by atoms with Crippen molar-refractivity contribution in [3.63, 3.8) is 0 Å². The van der Waals surface area contributed by atoms with E-state index >= 15 is 0 Å². The lowest BCUT2D eigenvalue weighted by Crippen LogP contribution is -2.61. The molecule has 0 bridgehead atoms. The van der Waals surface area contributed by atoms with Crippen LogP contribution in [0.3, 0.4) is 0 Å². The van der Waals surface area contributed by atoms with E-state index in [0.717, 1.165) is 0 Å². The van der Waals surface area contributed by atoms with Crippen molar-refractivity contribution in [1.82, 2.24) is 47.4 Å². The summed E-state index contributed by atoms with van der Waals surface area (Å²) in [6.07, 6.45) is 0.913. The Balaban J connectivity index is 1.77. The van der Waals surface area contributed by atoms with Gasteiger partial charge in [0, 0.05) is 25.1 Å². The zero-order valence-corrected chi connectivity index (χ0v) is 48.1. The Morgan fingerprint density at radius 1 is 0.588 bits per heavy atom. The van der Waals surface area contributed by atoms with Gasteiger partial charge >= 0.3 is 5.97 Å². The molecule has 0 unspecified atom stereocenters. The second kappa shape index (κ2) is 33.5. The van der Waals surface area contributed by atoms with E-state index in [9.17, 15) is 57.8 Å². The quantitative estimate of drug-likeness (QED) is 0.0431. The molecule has 0 spiro atoms. The summed E-state index contributed by atoms with van der Waals surface area (Å²) in [5.41, 5.74) is 12.9. The maximum absolute atomic E-state index is 14.3. The molecule has 23 nitrogen and oxygen atoms in total. The first-order chi connectivity index (χ1) is 37.7. The molecule has 1 fully saturated rings. The molecule has 0 aliphatic carbocycles. The van der Waals surface area contributed by atoms with Crippen molar-refractivity contribution in [2.24, 2.45) is 35.1 Å². The molecule has 10 amide bonds. The predicted molar refractivity (Wildman–Crippen MR) is 303 cm³/mol. The highest BCUT2D eigenvalue weighted by Crippen LogP contribution is 2.19. The van der Waals surface area contributed by atoms with Gasteiger partial charge in [-0.3, -0.25) is 47.9 Å². The minimum absolute atomic E-state index is 0.0200. The number of amides is 10. The number of nitrogens with one attached hydrogen (secondary N) is 8. The predicted octanol–water partition coefficient (Wildman–Crippen LogP) is 0.374. The van der Waals surface area contributed by atoms with Crippen molar-refractivity contribution in [2.75, 3.05) is 18.8 Å². The van der Waals surface area contributed by atoms with Gasteiger partial charge in [-0.15, -0.1) is 0 Å². The summed E-state index contributed by atoms with van der Waals surface area (Å²) in [6, 6.07) is 6.33. The van der Waals surface area contributed by atoms with E-state index in [1.54, 1.807) is 88.4 Å². The first kappa shape index (κ1) is 67.2. The zero-order valence-electron chi connectivity index (χ0n) is 47.3. The van der Waals surface area contributed by atoms with Gasteiger partial charge in [-0.2, -0.15) is 12.6 Å². The van der Waals surface area contributed by atoms with Crippen LogP contribution in [0.1, 0.15) is 111 Å². The molecule has 1 saturated heterocycles. The van der Waals surface area contributed by atoms with Gasteiger partial charge in [-0.25, -0.2) is 4.79 Å². The number of aliphatic carboxylic acids is 1. The number of likely N-dealkylation sites (tertiary alicyclic amines) is 1. The summed E-state index contributed by atoms with van der Waals surface area (Å²) >= 11 is 4.33. The molecule has 0 aromatic heterocycles. The highest BCUT2D eigenvalue weighted by Gasteiger charge is 2.39. The molecule has 2 aromatic rings. The van der Waals surface area contributed by atoms with E-state index in [0.29, 0.717) is 30.4 Å². The Morgan fingerprint density at radius 3 is 1.56 bits per heavy atom. The van der Waals surface area contributed by atoms with Crippen LogP contribution in [0.2, 0.25) is 0 Å². The first-order valence-electron chi connectivity index (χ1n) is 27.4. The number of hydrogen-bond acceptors (Lipinski definition) is 13. The molecule has 10 atom stereocenters. The van der Waals surface area contributed by atoms with Crippen LogP contribution in [0.15, 0.2) is 60.7 Å². The first-order valence-corrected chi connectivity index (χ1v) is 28.0. The maximum atomic E-state index is 14.3. The summed E-state index contributed by atoms with van der Waals surface area (Å²) < 4.78 is 0. The fraction of sp³-hybridized carbons (Fsp3) is 0.589. The Labute approximate surface area is 474 Å². The van der Waals surface area contributed by atoms with Crippen LogP contribution < -0.4 is 54.0 Å². The molecular formula is C56H85N11O12S. The average Bonchev–Trinajstić information content (AvgIpc) is 3.91. The third-order valence-corrected chi connectivity index (χ3v) is 13.9. The Morgan fingerprint density at radius 2 is 1.05 bits per heavy atom. The van der Waals surface area contributed by atoms with E-state index in [1.807, 2.05) is 27.7 Å². The largest absolute Gasteiger partial charge is 0.480 e. The Bertz CT molecular complexity index is 2430. The van der Waals surface area contributed by atoms with Crippen LogP contribution in [-0.4, -0.2) is 148 Å². The second-order valence-corrected chi connectivity index (χ2v) is 22.1. The number of carbonyl (C=O) groups excluding carboxylic acids is 10. The second-order valence-electron chi connectivity index (χ2n) is 21.8.